The fourth-order valence-electron chi connectivity index (χ4n) is 2.21. The Hall–Kier alpha value is -3.15. The molecule has 0 aromatic heterocycles. The third-order valence-corrected chi connectivity index (χ3v) is 3.77. The number of carbonyl (C=O) groups is 3. The average Bonchev–Trinajstić information content (AvgIpc) is 2.61. The van der Waals surface area contributed by atoms with Gasteiger partial charge in [0.05, 0.1) is 11.1 Å². The maximum Gasteiger partial charge on any atom is 0.336 e. The Balaban J connectivity index is 2.19. The number of amides is 2. The molecule has 0 saturated carbocycles. The lowest BCUT2D eigenvalue weighted by Crippen LogP contribution is -2.31. The molecule has 6 heteroatoms. The number of nitrogens with one attached hydrogen (secondary N) is 2. The molecule has 0 saturated heterocycles. The zero-order valence-corrected chi connectivity index (χ0v) is 14.1. The third-order valence-electron chi connectivity index (χ3n) is 3.77. The van der Waals surface area contributed by atoms with Gasteiger partial charge < -0.3 is 15.7 Å². The minimum Gasteiger partial charge on any atom is -0.478 e. The lowest BCUT2D eigenvalue weighted by atomic mass is 10.1. The molecule has 0 aliphatic rings. The number of hydrogen-bond donors (Lipinski definition) is 3. The van der Waals surface area contributed by atoms with Crippen LogP contribution in [0.5, 0.6) is 0 Å². The molecule has 3 N–H and O–H groups in total. The monoisotopic (exact) mass is 340 g/mol. The molecule has 6 nitrogen and oxygen atoms in total. The SMILES string of the molecule is CC[C@H](C)NC(=O)c1cccc(NC(=O)c2ccccc2C(=O)O)c1. The van der Waals surface area contributed by atoms with Crippen molar-refractivity contribution in [2.24, 2.45) is 0 Å². The van der Waals surface area contributed by atoms with E-state index < -0.39 is 11.9 Å². The van der Waals surface area contributed by atoms with Crippen LogP contribution < -0.4 is 10.6 Å². The van der Waals surface area contributed by atoms with E-state index in [1.165, 1.54) is 12.1 Å². The molecule has 130 valence electrons. The number of carboxylic acid groups (broad SMARTS) is 1. The van der Waals surface area contributed by atoms with E-state index in [1.807, 2.05) is 13.8 Å². The first-order chi connectivity index (χ1) is 11.9. The first kappa shape index (κ1) is 18.2. The first-order valence-electron chi connectivity index (χ1n) is 7.97. The number of benzene rings is 2. The van der Waals surface area contributed by atoms with Gasteiger partial charge in [-0.15, -0.1) is 0 Å². The average molecular weight is 340 g/mol. The van der Waals surface area contributed by atoms with Crippen LogP contribution in [0, 0.1) is 0 Å². The molecule has 25 heavy (non-hydrogen) atoms. The molecule has 0 bridgehead atoms. The van der Waals surface area contributed by atoms with Gasteiger partial charge in [0.15, 0.2) is 0 Å². The van der Waals surface area contributed by atoms with Gasteiger partial charge >= 0.3 is 5.97 Å². The lowest BCUT2D eigenvalue weighted by Gasteiger charge is -2.12. The molecule has 2 rings (SSSR count). The van der Waals surface area contributed by atoms with Crippen LogP contribution in [-0.2, 0) is 0 Å². The van der Waals surface area contributed by atoms with Crippen LogP contribution in [0.3, 0.4) is 0 Å². The molecule has 2 aromatic carbocycles. The smallest absolute Gasteiger partial charge is 0.336 e. The summed E-state index contributed by atoms with van der Waals surface area (Å²) >= 11 is 0. The maximum atomic E-state index is 12.4. The molecular weight excluding hydrogens is 320 g/mol. The Kier molecular flexibility index (Phi) is 5.89. The summed E-state index contributed by atoms with van der Waals surface area (Å²) in [6, 6.07) is 12.5. The van der Waals surface area contributed by atoms with Gasteiger partial charge in [0, 0.05) is 17.3 Å². The Bertz CT molecular complexity index is 802. The summed E-state index contributed by atoms with van der Waals surface area (Å²) in [5.74, 6) is -1.94. The Morgan fingerprint density at radius 2 is 1.68 bits per heavy atom. The van der Waals surface area contributed by atoms with Crippen molar-refractivity contribution in [1.82, 2.24) is 5.32 Å². The maximum absolute atomic E-state index is 12.4. The van der Waals surface area contributed by atoms with Gasteiger partial charge in [-0.2, -0.15) is 0 Å². The molecule has 0 unspecified atom stereocenters. The molecule has 0 aliphatic heterocycles. The Labute approximate surface area is 145 Å². The zero-order chi connectivity index (χ0) is 18.4. The Morgan fingerprint density at radius 3 is 2.32 bits per heavy atom. The highest BCUT2D eigenvalue weighted by Crippen LogP contribution is 2.15. The van der Waals surface area contributed by atoms with Crippen LogP contribution >= 0.6 is 0 Å². The van der Waals surface area contributed by atoms with Crippen LogP contribution in [0.4, 0.5) is 5.69 Å². The van der Waals surface area contributed by atoms with Crippen molar-refractivity contribution in [3.63, 3.8) is 0 Å². The van der Waals surface area contributed by atoms with E-state index in [9.17, 15) is 19.5 Å². The zero-order valence-electron chi connectivity index (χ0n) is 14.1. The number of carbonyl (C=O) groups excluding carboxylic acids is 2. The number of anilines is 1. The van der Waals surface area contributed by atoms with Crippen LogP contribution in [0.1, 0.15) is 51.3 Å². The molecule has 0 radical (unpaired) electrons. The second-order valence-electron chi connectivity index (χ2n) is 5.67. The number of rotatable bonds is 6. The summed E-state index contributed by atoms with van der Waals surface area (Å²) in [6.07, 6.45) is 0.814. The summed E-state index contributed by atoms with van der Waals surface area (Å²) in [5, 5.41) is 14.7. The van der Waals surface area contributed by atoms with Crippen molar-refractivity contribution in [1.29, 1.82) is 0 Å². The summed E-state index contributed by atoms with van der Waals surface area (Å²) < 4.78 is 0. The standard InChI is InChI=1S/C19H20N2O4/c1-3-12(2)20-17(22)13-7-6-8-14(11-13)21-18(23)15-9-4-5-10-16(15)19(24)25/h4-12H,3H2,1-2H3,(H,20,22)(H,21,23)(H,24,25)/t12-/m0/s1. The second-order valence-corrected chi connectivity index (χ2v) is 5.67. The molecule has 0 aliphatic carbocycles. The molecule has 1 atom stereocenters. The highest BCUT2D eigenvalue weighted by Gasteiger charge is 2.16. The molecule has 0 fully saturated rings. The van der Waals surface area contributed by atoms with Gasteiger partial charge in [-0.3, -0.25) is 9.59 Å². The normalized spacial score (nSPS) is 11.4. The van der Waals surface area contributed by atoms with Gasteiger partial charge in [-0.1, -0.05) is 25.1 Å². The second kappa shape index (κ2) is 8.10. The summed E-state index contributed by atoms with van der Waals surface area (Å²) in [7, 11) is 0. The minimum absolute atomic E-state index is 0.0493. The fraction of sp³-hybridized carbons (Fsp3) is 0.211. The van der Waals surface area contributed by atoms with Crippen LogP contribution in [-0.4, -0.2) is 28.9 Å². The van der Waals surface area contributed by atoms with E-state index >= 15 is 0 Å². The third kappa shape index (κ3) is 4.67. The van der Waals surface area contributed by atoms with Crippen molar-refractivity contribution in [2.45, 2.75) is 26.3 Å². The van der Waals surface area contributed by atoms with E-state index in [1.54, 1.807) is 36.4 Å². The number of carboxylic acids is 1. The van der Waals surface area contributed by atoms with Gasteiger partial charge in [0.25, 0.3) is 11.8 Å². The quantitative estimate of drug-likeness (QED) is 0.752. The predicted octanol–water partition coefficient (Wildman–Crippen LogP) is 3.17. The van der Waals surface area contributed by atoms with Crippen molar-refractivity contribution in [3.05, 3.63) is 65.2 Å². The van der Waals surface area contributed by atoms with Crippen LogP contribution in [0.25, 0.3) is 0 Å². The molecule has 0 spiro atoms. The summed E-state index contributed by atoms with van der Waals surface area (Å²) in [5.41, 5.74) is 0.821. The van der Waals surface area contributed by atoms with Crippen molar-refractivity contribution in [2.75, 3.05) is 5.32 Å². The van der Waals surface area contributed by atoms with Crippen molar-refractivity contribution >= 4 is 23.5 Å². The van der Waals surface area contributed by atoms with Gasteiger partial charge in [-0.05, 0) is 43.7 Å². The highest BCUT2D eigenvalue weighted by molar-refractivity contribution is 6.11. The Morgan fingerprint density at radius 1 is 1.00 bits per heavy atom. The van der Waals surface area contributed by atoms with E-state index in [2.05, 4.69) is 10.6 Å². The lowest BCUT2D eigenvalue weighted by molar-refractivity contribution is 0.0692. The first-order valence-corrected chi connectivity index (χ1v) is 7.97. The summed E-state index contributed by atoms with van der Waals surface area (Å²) in [6.45, 7) is 3.88. The topological polar surface area (TPSA) is 95.5 Å². The van der Waals surface area contributed by atoms with Gasteiger partial charge in [-0.25, -0.2) is 4.79 Å². The minimum atomic E-state index is -1.17. The molecular formula is C19H20N2O4. The van der Waals surface area contributed by atoms with E-state index in [0.717, 1.165) is 6.42 Å². The van der Waals surface area contributed by atoms with E-state index in [-0.39, 0.29) is 23.1 Å². The predicted molar refractivity (Wildman–Crippen MR) is 95.0 cm³/mol. The molecule has 2 aromatic rings. The number of hydrogen-bond acceptors (Lipinski definition) is 3. The summed E-state index contributed by atoms with van der Waals surface area (Å²) in [4.78, 5) is 35.8. The van der Waals surface area contributed by atoms with E-state index in [4.69, 9.17) is 0 Å². The van der Waals surface area contributed by atoms with Gasteiger partial charge in [0.1, 0.15) is 0 Å². The van der Waals surface area contributed by atoms with Crippen LogP contribution in [0.15, 0.2) is 48.5 Å². The molecule has 0 heterocycles. The van der Waals surface area contributed by atoms with E-state index in [0.29, 0.717) is 11.3 Å². The number of aromatic carboxylic acids is 1. The van der Waals surface area contributed by atoms with Crippen molar-refractivity contribution < 1.29 is 19.5 Å². The fourth-order valence-corrected chi connectivity index (χ4v) is 2.21. The molecule has 2 amide bonds. The largest absolute Gasteiger partial charge is 0.478 e. The van der Waals surface area contributed by atoms with Crippen molar-refractivity contribution in [3.8, 4) is 0 Å². The van der Waals surface area contributed by atoms with Crippen LogP contribution in [0.2, 0.25) is 0 Å². The van der Waals surface area contributed by atoms with Gasteiger partial charge in [0.2, 0.25) is 0 Å². The highest BCUT2D eigenvalue weighted by atomic mass is 16.4.